The van der Waals surface area contributed by atoms with Gasteiger partial charge in [-0.05, 0) is 60.9 Å². The molecule has 1 unspecified atom stereocenters. The number of rotatable bonds is 4. The van der Waals surface area contributed by atoms with Crippen molar-refractivity contribution < 1.29 is 0 Å². The van der Waals surface area contributed by atoms with Crippen LogP contribution in [0.5, 0.6) is 0 Å². The van der Waals surface area contributed by atoms with E-state index in [0.717, 1.165) is 11.8 Å². The van der Waals surface area contributed by atoms with Gasteiger partial charge in [0.25, 0.3) is 0 Å². The first-order chi connectivity index (χ1) is 10.8. The monoisotopic (exact) mass is 314 g/mol. The fourth-order valence-corrected chi connectivity index (χ4v) is 5.51. The Morgan fingerprint density at radius 1 is 1.36 bits per heavy atom. The van der Waals surface area contributed by atoms with Gasteiger partial charge in [-0.1, -0.05) is 19.1 Å². The summed E-state index contributed by atoms with van der Waals surface area (Å²) in [5.74, 6) is 2.88. The van der Waals surface area contributed by atoms with E-state index >= 15 is 0 Å². The lowest BCUT2D eigenvalue weighted by Crippen LogP contribution is -2.50. The molecule has 1 N–H and O–H groups in total. The third kappa shape index (κ3) is 2.30. The number of hydrogen-bond donors (Lipinski definition) is 1. The molecule has 3 atom stereocenters. The van der Waals surface area contributed by atoms with E-state index in [1.807, 2.05) is 11.8 Å². The summed E-state index contributed by atoms with van der Waals surface area (Å²) in [6.45, 7) is 4.87. The van der Waals surface area contributed by atoms with Crippen LogP contribution in [0.15, 0.2) is 24.4 Å². The van der Waals surface area contributed by atoms with E-state index in [1.165, 1.54) is 54.6 Å². The molecule has 1 aromatic heterocycles. The lowest BCUT2D eigenvalue weighted by atomic mass is 9.72. The Balaban J connectivity index is 1.75. The standard InChI is InChI=1S/C19H26N2S/c1-3-7-21-11-13(12-22-2)8-16-15-5-4-6-17-19(15)14(10-20-17)9-18(16)21/h4-6,10,13,16,18,20H,3,7-9,11-12H2,1-2H3/t13?,16-,18-/m0/s1. The fourth-order valence-electron chi connectivity index (χ4n) is 4.80. The molecule has 0 bridgehead atoms. The lowest BCUT2D eigenvalue weighted by Gasteiger charge is -2.47. The van der Waals surface area contributed by atoms with Crippen molar-refractivity contribution >= 4 is 22.7 Å². The molecule has 1 aliphatic heterocycles. The van der Waals surface area contributed by atoms with E-state index in [2.05, 4.69) is 47.5 Å². The van der Waals surface area contributed by atoms with Gasteiger partial charge in [-0.3, -0.25) is 4.90 Å². The molecule has 2 aliphatic rings. The number of H-pyrrole nitrogens is 1. The minimum Gasteiger partial charge on any atom is -0.361 e. The normalized spacial score (nSPS) is 28.0. The molecule has 0 spiro atoms. The highest BCUT2D eigenvalue weighted by atomic mass is 32.2. The molecular formula is C19H26N2S. The minimum absolute atomic E-state index is 0.715. The maximum Gasteiger partial charge on any atom is 0.0459 e. The summed E-state index contributed by atoms with van der Waals surface area (Å²) in [4.78, 5) is 6.29. The highest BCUT2D eigenvalue weighted by Gasteiger charge is 2.40. The maximum absolute atomic E-state index is 3.49. The molecular weight excluding hydrogens is 288 g/mol. The first-order valence-corrected chi connectivity index (χ1v) is 10.0. The third-order valence-electron chi connectivity index (χ3n) is 5.57. The second-order valence-corrected chi connectivity index (χ2v) is 7.92. The number of thioether (sulfide) groups is 1. The molecule has 0 radical (unpaired) electrons. The second kappa shape index (κ2) is 5.93. The number of aromatic amines is 1. The molecule has 2 aromatic rings. The maximum atomic E-state index is 3.49. The molecule has 1 fully saturated rings. The number of fused-ring (bicyclic) bond motifs is 2. The lowest BCUT2D eigenvalue weighted by molar-refractivity contribution is 0.0926. The Morgan fingerprint density at radius 2 is 2.27 bits per heavy atom. The third-order valence-corrected chi connectivity index (χ3v) is 6.38. The van der Waals surface area contributed by atoms with Crippen LogP contribution in [0.4, 0.5) is 0 Å². The zero-order valence-electron chi connectivity index (χ0n) is 13.6. The van der Waals surface area contributed by atoms with Crippen LogP contribution in [0.1, 0.15) is 36.8 Å². The molecule has 118 valence electrons. The van der Waals surface area contributed by atoms with E-state index in [1.54, 1.807) is 5.56 Å². The van der Waals surface area contributed by atoms with Crippen molar-refractivity contribution in [3.8, 4) is 0 Å². The molecule has 1 aliphatic carbocycles. The van der Waals surface area contributed by atoms with Gasteiger partial charge in [-0.25, -0.2) is 0 Å². The largest absolute Gasteiger partial charge is 0.361 e. The molecule has 4 rings (SSSR count). The van der Waals surface area contributed by atoms with Crippen molar-refractivity contribution in [1.82, 2.24) is 9.88 Å². The van der Waals surface area contributed by atoms with Crippen LogP contribution in [0.25, 0.3) is 10.9 Å². The van der Waals surface area contributed by atoms with Crippen LogP contribution < -0.4 is 0 Å². The van der Waals surface area contributed by atoms with E-state index < -0.39 is 0 Å². The SMILES string of the molecule is CCCN1CC(CSC)C[C@H]2c3cccc4[nH]cc(c34)C[C@@H]21. The van der Waals surface area contributed by atoms with Gasteiger partial charge in [-0.2, -0.15) is 11.8 Å². The molecule has 0 saturated carbocycles. The topological polar surface area (TPSA) is 19.0 Å². The first kappa shape index (κ1) is 14.6. The van der Waals surface area contributed by atoms with Gasteiger partial charge >= 0.3 is 0 Å². The van der Waals surface area contributed by atoms with Crippen molar-refractivity contribution in [2.24, 2.45) is 5.92 Å². The summed E-state index contributed by atoms with van der Waals surface area (Å²) in [5.41, 5.74) is 4.48. The van der Waals surface area contributed by atoms with Crippen LogP contribution in [0, 0.1) is 5.92 Å². The molecule has 3 heteroatoms. The number of benzene rings is 1. The first-order valence-electron chi connectivity index (χ1n) is 8.63. The molecule has 2 nitrogen and oxygen atoms in total. The van der Waals surface area contributed by atoms with Crippen molar-refractivity contribution in [3.63, 3.8) is 0 Å². The van der Waals surface area contributed by atoms with Crippen LogP contribution in [0.2, 0.25) is 0 Å². The number of nitrogens with zero attached hydrogens (tertiary/aromatic N) is 1. The highest BCUT2D eigenvalue weighted by Crippen LogP contribution is 2.45. The Morgan fingerprint density at radius 3 is 3.09 bits per heavy atom. The van der Waals surface area contributed by atoms with Gasteiger partial charge in [0.1, 0.15) is 0 Å². The Hall–Kier alpha value is -0.930. The van der Waals surface area contributed by atoms with Gasteiger partial charge in [0.15, 0.2) is 0 Å². The van der Waals surface area contributed by atoms with Crippen molar-refractivity contribution in [1.29, 1.82) is 0 Å². The molecule has 22 heavy (non-hydrogen) atoms. The number of nitrogens with one attached hydrogen (secondary N) is 1. The van der Waals surface area contributed by atoms with Crippen LogP contribution in [0.3, 0.4) is 0 Å². The Labute approximate surface area is 137 Å². The van der Waals surface area contributed by atoms with Crippen molar-refractivity contribution in [3.05, 3.63) is 35.5 Å². The van der Waals surface area contributed by atoms with E-state index in [4.69, 9.17) is 0 Å². The van der Waals surface area contributed by atoms with Gasteiger partial charge in [0.2, 0.25) is 0 Å². The summed E-state index contributed by atoms with van der Waals surface area (Å²) in [7, 11) is 0. The van der Waals surface area contributed by atoms with Gasteiger partial charge < -0.3 is 4.98 Å². The van der Waals surface area contributed by atoms with Crippen LogP contribution in [-0.2, 0) is 6.42 Å². The summed E-state index contributed by atoms with van der Waals surface area (Å²) >= 11 is 2.01. The zero-order valence-corrected chi connectivity index (χ0v) is 14.5. The van der Waals surface area contributed by atoms with Crippen molar-refractivity contribution in [2.75, 3.05) is 25.1 Å². The summed E-state index contributed by atoms with van der Waals surface area (Å²) in [6, 6.07) is 7.58. The van der Waals surface area contributed by atoms with E-state index in [0.29, 0.717) is 6.04 Å². The van der Waals surface area contributed by atoms with E-state index in [-0.39, 0.29) is 0 Å². The molecule has 2 heterocycles. The fraction of sp³-hybridized carbons (Fsp3) is 0.579. The highest BCUT2D eigenvalue weighted by molar-refractivity contribution is 7.98. The Kier molecular flexibility index (Phi) is 3.95. The van der Waals surface area contributed by atoms with Crippen LogP contribution in [-0.4, -0.2) is 41.0 Å². The molecule has 1 saturated heterocycles. The van der Waals surface area contributed by atoms with Gasteiger partial charge in [0, 0.05) is 35.6 Å². The average Bonchev–Trinajstić information content (AvgIpc) is 2.94. The average molecular weight is 314 g/mol. The molecule has 0 amide bonds. The molecule has 1 aromatic carbocycles. The number of aromatic nitrogens is 1. The number of hydrogen-bond acceptors (Lipinski definition) is 2. The quantitative estimate of drug-likeness (QED) is 0.909. The minimum atomic E-state index is 0.715. The zero-order chi connectivity index (χ0) is 15.1. The number of likely N-dealkylation sites (tertiary alicyclic amines) is 1. The smallest absolute Gasteiger partial charge is 0.0459 e. The number of piperidine rings is 1. The van der Waals surface area contributed by atoms with Gasteiger partial charge in [0.05, 0.1) is 0 Å². The summed E-state index contributed by atoms with van der Waals surface area (Å²) in [6.07, 6.45) is 8.37. The summed E-state index contributed by atoms with van der Waals surface area (Å²) in [5, 5.41) is 1.53. The Bertz CT molecular complexity index is 662. The van der Waals surface area contributed by atoms with E-state index in [9.17, 15) is 0 Å². The van der Waals surface area contributed by atoms with Gasteiger partial charge in [-0.15, -0.1) is 0 Å². The predicted molar refractivity (Wildman–Crippen MR) is 96.9 cm³/mol. The van der Waals surface area contributed by atoms with Crippen molar-refractivity contribution in [2.45, 2.75) is 38.1 Å². The van der Waals surface area contributed by atoms with Crippen LogP contribution >= 0.6 is 11.8 Å². The summed E-state index contributed by atoms with van der Waals surface area (Å²) < 4.78 is 0. The predicted octanol–water partition coefficient (Wildman–Crippen LogP) is 4.27. The second-order valence-electron chi connectivity index (χ2n) is 7.01.